The number of halogens is 3. The van der Waals surface area contributed by atoms with Crippen LogP contribution in [0, 0.1) is 0 Å². The molecule has 2 aromatic rings. The predicted octanol–water partition coefficient (Wildman–Crippen LogP) is 3.35. The topological polar surface area (TPSA) is 64.7 Å². The second-order valence-corrected chi connectivity index (χ2v) is 5.42. The van der Waals surface area contributed by atoms with E-state index in [0.717, 1.165) is 24.0 Å². The van der Waals surface area contributed by atoms with E-state index in [-0.39, 0.29) is 0 Å². The van der Waals surface area contributed by atoms with E-state index in [1.54, 1.807) is 12.3 Å². The van der Waals surface area contributed by atoms with E-state index in [1.165, 1.54) is 17.8 Å². The number of alkyl halides is 3. The lowest BCUT2D eigenvalue weighted by atomic mass is 10.3. The van der Waals surface area contributed by atoms with Gasteiger partial charge in [-0.15, -0.1) is 0 Å². The Balaban J connectivity index is 2.20. The Bertz CT molecular complexity index is 602. The molecule has 0 aromatic carbocycles. The first kappa shape index (κ1) is 14.9. The van der Waals surface area contributed by atoms with E-state index in [1.807, 2.05) is 0 Å². The van der Waals surface area contributed by atoms with Gasteiger partial charge in [0.2, 0.25) is 0 Å². The van der Waals surface area contributed by atoms with Crippen LogP contribution in [0.25, 0.3) is 0 Å². The lowest BCUT2D eigenvalue weighted by Crippen LogP contribution is -2.05. The molecular weight excluding hydrogens is 309 g/mol. The average Bonchev–Trinajstić information content (AvgIpc) is 2.37. The zero-order valence-corrected chi connectivity index (χ0v) is 11.8. The maximum absolute atomic E-state index is 12.4. The second kappa shape index (κ2) is 5.88. The van der Waals surface area contributed by atoms with Crippen LogP contribution in [0.2, 0.25) is 0 Å². The van der Waals surface area contributed by atoms with Crippen molar-refractivity contribution in [2.24, 2.45) is 0 Å². The molecule has 0 fully saturated rings. The number of hydrogen-bond donors (Lipinski definition) is 1. The summed E-state index contributed by atoms with van der Waals surface area (Å²) in [7, 11) is 0. The summed E-state index contributed by atoms with van der Waals surface area (Å²) in [5, 5.41) is 1.44. The molecule has 0 amide bonds. The maximum atomic E-state index is 12.4. The molecule has 4 nitrogen and oxygen atoms in total. The highest BCUT2D eigenvalue weighted by Crippen LogP contribution is 2.31. The third-order valence-electron chi connectivity index (χ3n) is 2.16. The second-order valence-electron chi connectivity index (χ2n) is 3.60. The zero-order chi connectivity index (χ0) is 14.8. The summed E-state index contributed by atoms with van der Waals surface area (Å²) in [6.45, 7) is 0. The molecule has 0 radical (unpaired) electrons. The summed E-state index contributed by atoms with van der Waals surface area (Å²) in [4.78, 5) is 11.9. The van der Waals surface area contributed by atoms with Gasteiger partial charge in [-0.3, -0.25) is 0 Å². The number of aromatic nitrogens is 3. The Hall–Kier alpha value is -1.48. The normalized spacial score (nSPS) is 11.6. The van der Waals surface area contributed by atoms with Crippen LogP contribution in [0.1, 0.15) is 5.56 Å². The van der Waals surface area contributed by atoms with Crippen LogP contribution < -0.4 is 5.73 Å². The number of rotatable bonds is 3. The van der Waals surface area contributed by atoms with Crippen LogP contribution >= 0.6 is 23.5 Å². The van der Waals surface area contributed by atoms with Gasteiger partial charge in [-0.1, -0.05) is 11.8 Å². The first-order chi connectivity index (χ1) is 9.38. The molecule has 106 valence electrons. The third-order valence-corrected chi connectivity index (χ3v) is 3.57. The highest BCUT2D eigenvalue weighted by atomic mass is 32.2. The molecule has 0 aliphatic carbocycles. The molecule has 0 saturated carbocycles. The number of thioether (sulfide) groups is 1. The molecule has 0 aliphatic heterocycles. The minimum absolute atomic E-state index is 0.304. The van der Waals surface area contributed by atoms with E-state index in [4.69, 9.17) is 5.73 Å². The van der Waals surface area contributed by atoms with Gasteiger partial charge in [0, 0.05) is 12.3 Å². The molecule has 0 saturated heterocycles. The van der Waals surface area contributed by atoms with Crippen molar-refractivity contribution in [3.63, 3.8) is 0 Å². The number of hydrogen-bond acceptors (Lipinski definition) is 6. The number of nitrogens with zero attached hydrogens (tertiary/aromatic N) is 3. The van der Waals surface area contributed by atoms with E-state index in [2.05, 4.69) is 15.0 Å². The van der Waals surface area contributed by atoms with E-state index in [9.17, 15) is 13.2 Å². The molecule has 0 aliphatic rings. The van der Waals surface area contributed by atoms with Crippen molar-refractivity contribution in [2.45, 2.75) is 21.4 Å². The van der Waals surface area contributed by atoms with Crippen LogP contribution in [0.3, 0.4) is 0 Å². The predicted molar refractivity (Wildman–Crippen MR) is 71.6 cm³/mol. The summed E-state index contributed by atoms with van der Waals surface area (Å²) in [5.41, 5.74) is 4.84. The van der Waals surface area contributed by atoms with Crippen molar-refractivity contribution >= 4 is 29.3 Å². The molecular formula is C11H9F3N4S2. The monoisotopic (exact) mass is 318 g/mol. The standard InChI is InChI=1S/C11H9F3N4S2/c1-19-10-17-7(15)4-9(18-10)20-8-3-2-6(5-16-8)11(12,13)14/h2-5H,1H3,(H2,15,17,18). The molecule has 2 N–H and O–H groups in total. The Morgan fingerprint density at radius 1 is 1.15 bits per heavy atom. The van der Waals surface area contributed by atoms with Gasteiger partial charge in [0.05, 0.1) is 5.56 Å². The molecule has 2 aromatic heterocycles. The summed E-state index contributed by atoms with van der Waals surface area (Å²) in [6.07, 6.45) is -1.79. The van der Waals surface area contributed by atoms with Crippen LogP contribution in [-0.2, 0) is 6.18 Å². The Kier molecular flexibility index (Phi) is 4.39. The van der Waals surface area contributed by atoms with Crippen molar-refractivity contribution < 1.29 is 13.2 Å². The van der Waals surface area contributed by atoms with Gasteiger partial charge in [0.1, 0.15) is 15.9 Å². The number of nitrogens with two attached hydrogens (primary N) is 1. The Labute approximate surface area is 121 Å². The number of pyridine rings is 1. The van der Waals surface area contributed by atoms with Crippen molar-refractivity contribution in [3.8, 4) is 0 Å². The van der Waals surface area contributed by atoms with Crippen LogP contribution in [0.15, 0.2) is 39.6 Å². The largest absolute Gasteiger partial charge is 0.417 e. The summed E-state index contributed by atoms with van der Waals surface area (Å²) < 4.78 is 37.2. The molecule has 0 unspecified atom stereocenters. The van der Waals surface area contributed by atoms with Crippen molar-refractivity contribution in [2.75, 3.05) is 12.0 Å². The lowest BCUT2D eigenvalue weighted by molar-refractivity contribution is -0.137. The zero-order valence-electron chi connectivity index (χ0n) is 10.2. The van der Waals surface area contributed by atoms with Gasteiger partial charge in [0.25, 0.3) is 0 Å². The van der Waals surface area contributed by atoms with Crippen molar-refractivity contribution in [1.29, 1.82) is 0 Å². The van der Waals surface area contributed by atoms with Crippen molar-refractivity contribution in [1.82, 2.24) is 15.0 Å². The van der Waals surface area contributed by atoms with Crippen LogP contribution in [0.4, 0.5) is 19.0 Å². The number of anilines is 1. The third kappa shape index (κ3) is 3.76. The Morgan fingerprint density at radius 3 is 2.45 bits per heavy atom. The van der Waals surface area contributed by atoms with E-state index < -0.39 is 11.7 Å². The first-order valence-electron chi connectivity index (χ1n) is 5.28. The fourth-order valence-corrected chi connectivity index (χ4v) is 2.49. The minimum atomic E-state index is -4.39. The highest BCUT2D eigenvalue weighted by molar-refractivity contribution is 7.99. The highest BCUT2D eigenvalue weighted by Gasteiger charge is 2.30. The van der Waals surface area contributed by atoms with Gasteiger partial charge < -0.3 is 5.73 Å². The van der Waals surface area contributed by atoms with Gasteiger partial charge in [-0.05, 0) is 30.2 Å². The fourth-order valence-electron chi connectivity index (χ4n) is 1.28. The SMILES string of the molecule is CSc1nc(N)cc(Sc2ccc(C(F)(F)F)cn2)n1. The smallest absolute Gasteiger partial charge is 0.384 e. The quantitative estimate of drug-likeness (QED) is 0.532. The molecule has 2 heterocycles. The fraction of sp³-hybridized carbons (Fsp3) is 0.182. The number of nitrogen functional groups attached to an aromatic ring is 1. The molecule has 9 heteroatoms. The summed E-state index contributed by atoms with van der Waals surface area (Å²) >= 11 is 2.46. The minimum Gasteiger partial charge on any atom is -0.384 e. The van der Waals surface area contributed by atoms with Gasteiger partial charge in [0.15, 0.2) is 5.16 Å². The first-order valence-corrected chi connectivity index (χ1v) is 7.32. The van der Waals surface area contributed by atoms with E-state index >= 15 is 0 Å². The van der Waals surface area contributed by atoms with E-state index in [0.29, 0.717) is 21.0 Å². The molecule has 0 bridgehead atoms. The molecule has 0 atom stereocenters. The molecule has 20 heavy (non-hydrogen) atoms. The Morgan fingerprint density at radius 2 is 1.90 bits per heavy atom. The van der Waals surface area contributed by atoms with Crippen molar-refractivity contribution in [3.05, 3.63) is 30.0 Å². The summed E-state index contributed by atoms with van der Waals surface area (Å²) in [5.74, 6) is 0.304. The molecule has 0 spiro atoms. The lowest BCUT2D eigenvalue weighted by Gasteiger charge is -2.07. The molecule has 2 rings (SSSR count). The summed E-state index contributed by atoms with van der Waals surface area (Å²) in [6, 6.07) is 3.82. The van der Waals surface area contributed by atoms with Gasteiger partial charge >= 0.3 is 6.18 Å². The van der Waals surface area contributed by atoms with Crippen LogP contribution in [-0.4, -0.2) is 21.2 Å². The van der Waals surface area contributed by atoms with Crippen LogP contribution in [0.5, 0.6) is 0 Å². The average molecular weight is 318 g/mol. The van der Waals surface area contributed by atoms with Gasteiger partial charge in [-0.2, -0.15) is 13.2 Å². The maximum Gasteiger partial charge on any atom is 0.417 e. The van der Waals surface area contributed by atoms with Gasteiger partial charge in [-0.25, -0.2) is 15.0 Å².